The summed E-state index contributed by atoms with van der Waals surface area (Å²) < 4.78 is 33.3. The van der Waals surface area contributed by atoms with Crippen molar-refractivity contribution < 1.29 is 32.6 Å². The van der Waals surface area contributed by atoms with E-state index in [4.69, 9.17) is 4.74 Å². The van der Waals surface area contributed by atoms with Gasteiger partial charge in [0.1, 0.15) is 5.75 Å². The number of rotatable bonds is 6. The van der Waals surface area contributed by atoms with Gasteiger partial charge in [0.2, 0.25) is 0 Å². The van der Waals surface area contributed by atoms with E-state index in [1.807, 2.05) is 5.32 Å². The van der Waals surface area contributed by atoms with Crippen LogP contribution in [0.25, 0.3) is 0 Å². The molecule has 0 saturated carbocycles. The van der Waals surface area contributed by atoms with Gasteiger partial charge in [-0.1, -0.05) is 6.07 Å². The molecule has 0 aromatic heterocycles. The van der Waals surface area contributed by atoms with Gasteiger partial charge in [0.15, 0.2) is 6.10 Å². The molecule has 3 amide bonds. The van der Waals surface area contributed by atoms with Crippen LogP contribution in [0.1, 0.15) is 24.2 Å². The Morgan fingerprint density at radius 3 is 2.57 bits per heavy atom. The number of amides is 3. The lowest BCUT2D eigenvalue weighted by molar-refractivity contribution is -0.127. The fourth-order valence-electron chi connectivity index (χ4n) is 1.50. The first-order chi connectivity index (χ1) is 10.8. The van der Waals surface area contributed by atoms with Crippen LogP contribution in [0, 0.1) is 0 Å². The van der Waals surface area contributed by atoms with Crippen LogP contribution >= 0.6 is 0 Å². The number of nitrogens with one attached hydrogen (secondary N) is 2. The highest BCUT2D eigenvalue weighted by Crippen LogP contribution is 2.17. The number of urea groups is 1. The smallest absolute Gasteiger partial charge is 0.387 e. The van der Waals surface area contributed by atoms with Gasteiger partial charge in [-0.3, -0.25) is 10.1 Å². The molecule has 0 heterocycles. The summed E-state index contributed by atoms with van der Waals surface area (Å²) in [6.45, 7) is 0.237. The minimum atomic E-state index is -3.02. The maximum atomic E-state index is 12.1. The van der Waals surface area contributed by atoms with E-state index < -0.39 is 30.6 Å². The summed E-state index contributed by atoms with van der Waals surface area (Å²) in [7, 11) is 0. The van der Waals surface area contributed by atoms with Crippen LogP contribution in [0.15, 0.2) is 24.3 Å². The first-order valence-electron chi connectivity index (χ1n) is 6.68. The van der Waals surface area contributed by atoms with Crippen molar-refractivity contribution in [1.29, 1.82) is 0 Å². The van der Waals surface area contributed by atoms with Gasteiger partial charge in [0.05, 0.1) is 5.56 Å². The van der Waals surface area contributed by atoms with Crippen LogP contribution in [0.3, 0.4) is 0 Å². The number of ether oxygens (including phenoxy) is 2. The van der Waals surface area contributed by atoms with Gasteiger partial charge in [0, 0.05) is 6.54 Å². The summed E-state index contributed by atoms with van der Waals surface area (Å²) in [6.07, 6.45) is -1.25. The molecule has 0 aliphatic rings. The average molecular weight is 330 g/mol. The number of carbonyl (C=O) groups is 3. The maximum Gasteiger partial charge on any atom is 0.387 e. The normalized spacial score (nSPS) is 11.5. The number of hydrogen-bond acceptors (Lipinski definition) is 5. The van der Waals surface area contributed by atoms with Crippen LogP contribution < -0.4 is 15.4 Å². The minimum Gasteiger partial charge on any atom is -0.449 e. The number of alkyl halides is 2. The Labute approximate surface area is 130 Å². The quantitative estimate of drug-likeness (QED) is 0.774. The fourth-order valence-corrected chi connectivity index (χ4v) is 1.50. The van der Waals surface area contributed by atoms with Crippen molar-refractivity contribution in [3.63, 3.8) is 0 Å². The Kier molecular flexibility index (Phi) is 6.91. The third-order valence-corrected chi connectivity index (χ3v) is 2.52. The monoisotopic (exact) mass is 330 g/mol. The van der Waals surface area contributed by atoms with Crippen molar-refractivity contribution in [2.24, 2.45) is 0 Å². The number of esters is 1. The van der Waals surface area contributed by atoms with Gasteiger partial charge in [-0.2, -0.15) is 8.78 Å². The fraction of sp³-hybridized carbons (Fsp3) is 0.357. The van der Waals surface area contributed by atoms with Gasteiger partial charge in [-0.15, -0.1) is 0 Å². The first kappa shape index (κ1) is 18.3. The number of benzene rings is 1. The van der Waals surface area contributed by atoms with Crippen LogP contribution in [-0.4, -0.2) is 37.2 Å². The molecule has 0 saturated heterocycles. The van der Waals surface area contributed by atoms with E-state index >= 15 is 0 Å². The summed E-state index contributed by atoms with van der Waals surface area (Å²) in [5.41, 5.74) is -0.0687. The van der Waals surface area contributed by atoms with Crippen LogP contribution in [0.2, 0.25) is 0 Å². The second-order valence-corrected chi connectivity index (χ2v) is 4.30. The molecule has 7 nitrogen and oxygen atoms in total. The minimum absolute atomic E-state index is 0.0687. The Hall–Kier alpha value is -2.71. The van der Waals surface area contributed by atoms with E-state index in [2.05, 4.69) is 10.1 Å². The first-order valence-corrected chi connectivity index (χ1v) is 6.68. The van der Waals surface area contributed by atoms with Crippen LogP contribution in [0.5, 0.6) is 5.75 Å². The lowest BCUT2D eigenvalue weighted by atomic mass is 10.2. The second-order valence-electron chi connectivity index (χ2n) is 4.30. The number of hydrogen-bond donors (Lipinski definition) is 2. The Morgan fingerprint density at radius 2 is 1.96 bits per heavy atom. The molecule has 1 rings (SSSR count). The van der Waals surface area contributed by atoms with Crippen molar-refractivity contribution in [3.8, 4) is 5.75 Å². The van der Waals surface area contributed by atoms with E-state index in [-0.39, 0.29) is 11.3 Å². The molecule has 1 aromatic carbocycles. The van der Waals surface area contributed by atoms with Gasteiger partial charge in [0.25, 0.3) is 5.91 Å². The number of carbonyl (C=O) groups excluding carboxylic acids is 3. The molecule has 0 bridgehead atoms. The summed E-state index contributed by atoms with van der Waals surface area (Å²) in [6, 6.07) is 4.23. The molecular formula is C14H16F2N2O5. The summed E-state index contributed by atoms with van der Waals surface area (Å²) in [4.78, 5) is 34.7. The Balaban J connectivity index is 2.64. The highest BCUT2D eigenvalue weighted by Gasteiger charge is 2.21. The van der Waals surface area contributed by atoms with Crippen LogP contribution in [0.4, 0.5) is 13.6 Å². The third-order valence-electron chi connectivity index (χ3n) is 2.52. The Bertz CT molecular complexity index is 580. The largest absolute Gasteiger partial charge is 0.449 e. The predicted octanol–water partition coefficient (Wildman–Crippen LogP) is 1.68. The number of imide groups is 1. The van der Waals surface area contributed by atoms with Crippen molar-refractivity contribution in [2.45, 2.75) is 26.6 Å². The molecule has 1 aromatic rings. The predicted molar refractivity (Wildman–Crippen MR) is 75.2 cm³/mol. The highest BCUT2D eigenvalue weighted by atomic mass is 19.3. The van der Waals surface area contributed by atoms with Crippen molar-refractivity contribution >= 4 is 17.9 Å². The van der Waals surface area contributed by atoms with Crippen molar-refractivity contribution in [1.82, 2.24) is 10.6 Å². The van der Waals surface area contributed by atoms with E-state index in [0.717, 1.165) is 6.07 Å². The molecule has 0 fully saturated rings. The van der Waals surface area contributed by atoms with Gasteiger partial charge >= 0.3 is 18.6 Å². The zero-order chi connectivity index (χ0) is 17.4. The van der Waals surface area contributed by atoms with Crippen LogP contribution in [-0.2, 0) is 9.53 Å². The van der Waals surface area contributed by atoms with Crippen molar-refractivity contribution in [2.75, 3.05) is 6.54 Å². The average Bonchev–Trinajstić information content (AvgIpc) is 2.46. The molecular weight excluding hydrogens is 314 g/mol. The zero-order valence-electron chi connectivity index (χ0n) is 12.5. The van der Waals surface area contributed by atoms with E-state index in [1.54, 1.807) is 6.92 Å². The molecule has 9 heteroatoms. The van der Waals surface area contributed by atoms with Crippen molar-refractivity contribution in [3.05, 3.63) is 29.8 Å². The second kappa shape index (κ2) is 8.66. The number of halogens is 2. The van der Waals surface area contributed by atoms with Gasteiger partial charge in [-0.05, 0) is 32.0 Å². The molecule has 126 valence electrons. The molecule has 0 radical (unpaired) electrons. The Morgan fingerprint density at radius 1 is 1.26 bits per heavy atom. The van der Waals surface area contributed by atoms with Gasteiger partial charge < -0.3 is 14.8 Å². The van der Waals surface area contributed by atoms with E-state index in [1.165, 1.54) is 25.1 Å². The molecule has 1 unspecified atom stereocenters. The third kappa shape index (κ3) is 6.29. The summed E-state index contributed by atoms with van der Waals surface area (Å²) >= 11 is 0. The summed E-state index contributed by atoms with van der Waals surface area (Å²) in [5, 5.41) is 4.33. The van der Waals surface area contributed by atoms with Gasteiger partial charge in [-0.25, -0.2) is 9.59 Å². The lowest BCUT2D eigenvalue weighted by Gasteiger charge is -2.13. The molecule has 0 aliphatic carbocycles. The summed E-state index contributed by atoms with van der Waals surface area (Å²) in [5.74, 6) is -1.94. The molecule has 2 N–H and O–H groups in total. The maximum absolute atomic E-state index is 12.1. The molecule has 1 atom stereocenters. The topological polar surface area (TPSA) is 93.7 Å². The van der Waals surface area contributed by atoms with E-state index in [9.17, 15) is 23.2 Å². The highest BCUT2D eigenvalue weighted by molar-refractivity contribution is 5.98. The SMILES string of the molecule is CCNC(=O)NC(=O)C(C)OC(=O)c1cccc(OC(F)F)c1. The molecule has 23 heavy (non-hydrogen) atoms. The molecule has 0 aliphatic heterocycles. The lowest BCUT2D eigenvalue weighted by Crippen LogP contribution is -2.44. The standard InChI is InChI=1S/C14H16F2N2O5/c1-3-17-14(21)18-11(19)8(2)22-12(20)9-5-4-6-10(7-9)23-13(15)16/h4-8,13H,3H2,1-2H3,(H2,17,18,19,21). The van der Waals surface area contributed by atoms with E-state index in [0.29, 0.717) is 6.54 Å². The zero-order valence-corrected chi connectivity index (χ0v) is 12.5. The molecule has 0 spiro atoms.